The number of ether oxygens (including phenoxy) is 1. The van der Waals surface area contributed by atoms with Gasteiger partial charge in [-0.2, -0.15) is 0 Å². The number of esters is 1. The fourth-order valence-corrected chi connectivity index (χ4v) is 2.54. The maximum atomic E-state index is 11.9. The SMILES string of the molecule is CC(OC(=O)c1ccc(Br)o1)c1nnc(-c2cccs2)o1. The van der Waals surface area contributed by atoms with Gasteiger partial charge in [0.2, 0.25) is 5.76 Å². The maximum absolute atomic E-state index is 11.9. The molecule has 0 amide bonds. The molecule has 8 heteroatoms. The number of hydrogen-bond acceptors (Lipinski definition) is 7. The van der Waals surface area contributed by atoms with Crippen LogP contribution >= 0.6 is 27.3 Å². The Hall–Kier alpha value is -1.93. The summed E-state index contributed by atoms with van der Waals surface area (Å²) >= 11 is 4.61. The molecule has 0 aliphatic rings. The Morgan fingerprint density at radius 2 is 2.19 bits per heavy atom. The molecule has 3 aromatic heterocycles. The van der Waals surface area contributed by atoms with E-state index >= 15 is 0 Å². The second kappa shape index (κ2) is 5.82. The third-order valence-corrected chi connectivity index (χ3v) is 3.86. The van der Waals surface area contributed by atoms with Crippen molar-refractivity contribution in [2.45, 2.75) is 13.0 Å². The van der Waals surface area contributed by atoms with Gasteiger partial charge < -0.3 is 13.6 Å². The van der Waals surface area contributed by atoms with Gasteiger partial charge in [0.1, 0.15) is 0 Å². The van der Waals surface area contributed by atoms with E-state index < -0.39 is 12.1 Å². The van der Waals surface area contributed by atoms with E-state index in [1.807, 2.05) is 17.5 Å². The van der Waals surface area contributed by atoms with Crippen molar-refractivity contribution < 1.29 is 18.4 Å². The standard InChI is InChI=1S/C13H9BrN2O4S/c1-7(18-13(17)8-4-5-10(14)19-8)11-15-16-12(20-11)9-3-2-6-21-9/h2-7H,1H3. The van der Waals surface area contributed by atoms with Crippen molar-refractivity contribution in [3.05, 3.63) is 46.0 Å². The van der Waals surface area contributed by atoms with Gasteiger partial charge in [-0.3, -0.25) is 0 Å². The molecule has 0 spiro atoms. The molecule has 1 unspecified atom stereocenters. The van der Waals surface area contributed by atoms with Crippen molar-refractivity contribution in [2.75, 3.05) is 0 Å². The summed E-state index contributed by atoms with van der Waals surface area (Å²) in [6.07, 6.45) is -0.664. The first-order chi connectivity index (χ1) is 10.1. The Labute approximate surface area is 131 Å². The van der Waals surface area contributed by atoms with Crippen molar-refractivity contribution in [3.8, 4) is 10.8 Å². The highest BCUT2D eigenvalue weighted by molar-refractivity contribution is 9.10. The second-order valence-corrected chi connectivity index (χ2v) is 5.80. The van der Waals surface area contributed by atoms with Gasteiger partial charge in [-0.15, -0.1) is 21.5 Å². The van der Waals surface area contributed by atoms with Crippen molar-refractivity contribution in [3.63, 3.8) is 0 Å². The number of furan rings is 1. The second-order valence-electron chi connectivity index (χ2n) is 4.07. The summed E-state index contributed by atoms with van der Waals surface area (Å²) in [5.74, 6) is 0.150. The van der Waals surface area contributed by atoms with E-state index in [0.29, 0.717) is 10.6 Å². The monoisotopic (exact) mass is 368 g/mol. The summed E-state index contributed by atoms with van der Waals surface area (Å²) in [6, 6.07) is 6.90. The molecule has 21 heavy (non-hydrogen) atoms. The van der Waals surface area contributed by atoms with Crippen molar-refractivity contribution >= 4 is 33.2 Å². The molecular weight excluding hydrogens is 360 g/mol. The third kappa shape index (κ3) is 3.06. The molecule has 0 saturated heterocycles. The lowest BCUT2D eigenvalue weighted by atomic mass is 10.4. The molecule has 1 atom stereocenters. The molecule has 3 rings (SSSR count). The van der Waals surface area contributed by atoms with Crippen LogP contribution in [0.3, 0.4) is 0 Å². The van der Waals surface area contributed by atoms with Crippen LogP contribution in [0.25, 0.3) is 10.8 Å². The predicted molar refractivity (Wildman–Crippen MR) is 77.8 cm³/mol. The minimum atomic E-state index is -0.664. The normalized spacial score (nSPS) is 12.3. The predicted octanol–water partition coefficient (Wildman–Crippen LogP) is 4.07. The highest BCUT2D eigenvalue weighted by Gasteiger charge is 2.21. The van der Waals surface area contributed by atoms with Crippen LogP contribution in [0.5, 0.6) is 0 Å². The zero-order valence-electron chi connectivity index (χ0n) is 10.8. The van der Waals surface area contributed by atoms with E-state index in [4.69, 9.17) is 13.6 Å². The molecule has 6 nitrogen and oxygen atoms in total. The van der Waals surface area contributed by atoms with Crippen LogP contribution in [-0.4, -0.2) is 16.2 Å². The smallest absolute Gasteiger partial charge is 0.375 e. The van der Waals surface area contributed by atoms with Gasteiger partial charge in [-0.25, -0.2) is 4.79 Å². The van der Waals surface area contributed by atoms with Crippen LogP contribution in [0.2, 0.25) is 0 Å². The van der Waals surface area contributed by atoms with E-state index in [1.165, 1.54) is 17.4 Å². The van der Waals surface area contributed by atoms with Gasteiger partial charge in [-0.1, -0.05) is 6.07 Å². The zero-order valence-corrected chi connectivity index (χ0v) is 13.2. The highest BCUT2D eigenvalue weighted by atomic mass is 79.9. The summed E-state index contributed by atoms with van der Waals surface area (Å²) < 4.78 is 16.3. The average Bonchev–Trinajstić information content (AvgIpc) is 3.19. The highest BCUT2D eigenvalue weighted by Crippen LogP contribution is 2.26. The quantitative estimate of drug-likeness (QED) is 0.645. The van der Waals surface area contributed by atoms with Gasteiger partial charge >= 0.3 is 5.97 Å². The lowest BCUT2D eigenvalue weighted by molar-refractivity contribution is 0.0243. The van der Waals surface area contributed by atoms with Crippen LogP contribution in [0, 0.1) is 0 Å². The number of carbonyl (C=O) groups is 1. The molecule has 0 N–H and O–H groups in total. The fraction of sp³-hybridized carbons (Fsp3) is 0.154. The Morgan fingerprint density at radius 3 is 2.86 bits per heavy atom. The van der Waals surface area contributed by atoms with E-state index in [0.717, 1.165) is 4.88 Å². The molecule has 0 radical (unpaired) electrons. The van der Waals surface area contributed by atoms with E-state index in [1.54, 1.807) is 13.0 Å². The van der Waals surface area contributed by atoms with Gasteiger partial charge in [0.05, 0.1) is 4.88 Å². The van der Waals surface area contributed by atoms with Crippen molar-refractivity contribution in [1.82, 2.24) is 10.2 Å². The Balaban J connectivity index is 1.71. The number of nitrogens with zero attached hydrogens (tertiary/aromatic N) is 2. The first-order valence-electron chi connectivity index (χ1n) is 5.97. The molecule has 0 aromatic carbocycles. The summed E-state index contributed by atoms with van der Waals surface area (Å²) in [5.41, 5.74) is 0. The lowest BCUT2D eigenvalue weighted by Crippen LogP contribution is -2.08. The number of rotatable bonds is 4. The first kappa shape index (κ1) is 14.0. The van der Waals surface area contributed by atoms with Gasteiger partial charge in [0.25, 0.3) is 11.8 Å². The minimum Gasteiger partial charge on any atom is -0.447 e. The molecule has 0 aliphatic heterocycles. The topological polar surface area (TPSA) is 78.4 Å². The van der Waals surface area contributed by atoms with Gasteiger partial charge in [0.15, 0.2) is 10.8 Å². The average molecular weight is 369 g/mol. The maximum Gasteiger partial charge on any atom is 0.375 e. The summed E-state index contributed by atoms with van der Waals surface area (Å²) in [5, 5.41) is 9.75. The molecule has 3 heterocycles. The van der Waals surface area contributed by atoms with Crippen molar-refractivity contribution in [2.24, 2.45) is 0 Å². The van der Waals surface area contributed by atoms with Gasteiger partial charge in [0, 0.05) is 0 Å². The molecule has 0 bridgehead atoms. The number of hydrogen-bond donors (Lipinski definition) is 0. The van der Waals surface area contributed by atoms with Crippen molar-refractivity contribution in [1.29, 1.82) is 0 Å². The van der Waals surface area contributed by atoms with Crippen LogP contribution in [0.1, 0.15) is 29.5 Å². The molecule has 0 fully saturated rings. The molecule has 0 aliphatic carbocycles. The van der Waals surface area contributed by atoms with E-state index in [-0.39, 0.29) is 11.7 Å². The summed E-state index contributed by atoms with van der Waals surface area (Å²) in [6.45, 7) is 1.65. The van der Waals surface area contributed by atoms with Crippen LogP contribution in [0.4, 0.5) is 0 Å². The fourth-order valence-electron chi connectivity index (χ4n) is 1.59. The van der Waals surface area contributed by atoms with Crippen LogP contribution in [-0.2, 0) is 4.74 Å². The number of aromatic nitrogens is 2. The van der Waals surface area contributed by atoms with Gasteiger partial charge in [-0.05, 0) is 46.4 Å². The Kier molecular flexibility index (Phi) is 3.89. The summed E-state index contributed by atoms with van der Waals surface area (Å²) in [7, 11) is 0. The number of halogens is 1. The Morgan fingerprint density at radius 1 is 1.33 bits per heavy atom. The molecule has 0 saturated carbocycles. The number of carbonyl (C=O) groups excluding carboxylic acids is 1. The molecule has 3 aromatic rings. The van der Waals surface area contributed by atoms with E-state index in [2.05, 4.69) is 26.1 Å². The first-order valence-corrected chi connectivity index (χ1v) is 7.64. The summed E-state index contributed by atoms with van der Waals surface area (Å²) in [4.78, 5) is 12.7. The minimum absolute atomic E-state index is 0.103. The third-order valence-electron chi connectivity index (χ3n) is 2.58. The number of thiophene rings is 1. The molecular formula is C13H9BrN2O4S. The zero-order chi connectivity index (χ0) is 14.8. The van der Waals surface area contributed by atoms with E-state index in [9.17, 15) is 4.79 Å². The largest absolute Gasteiger partial charge is 0.447 e. The van der Waals surface area contributed by atoms with Crippen LogP contribution in [0.15, 0.2) is 43.1 Å². The molecule has 108 valence electrons. The lowest BCUT2D eigenvalue weighted by Gasteiger charge is -2.07. The van der Waals surface area contributed by atoms with Crippen LogP contribution < -0.4 is 0 Å². The Bertz CT molecular complexity index is 750.